The van der Waals surface area contributed by atoms with Gasteiger partial charge in [-0.15, -0.1) is 0 Å². The highest BCUT2D eigenvalue weighted by molar-refractivity contribution is 5.90. The van der Waals surface area contributed by atoms with Gasteiger partial charge in [0, 0.05) is 25.3 Å². The molecular weight excluding hydrogens is 256 g/mol. The first-order valence-corrected chi connectivity index (χ1v) is 7.14. The average molecular weight is 278 g/mol. The first-order chi connectivity index (χ1) is 9.67. The monoisotopic (exact) mass is 278 g/mol. The fourth-order valence-corrected chi connectivity index (χ4v) is 2.51. The molecule has 20 heavy (non-hydrogen) atoms. The van der Waals surface area contributed by atoms with Crippen LogP contribution in [0.15, 0.2) is 6.20 Å². The SMILES string of the molecule is CCOC(=O)c1cnc(N2CCCCC2CN)nc1C. The molecule has 1 saturated heterocycles. The summed E-state index contributed by atoms with van der Waals surface area (Å²) in [5, 5.41) is 0. The molecule has 1 aromatic rings. The largest absolute Gasteiger partial charge is 0.462 e. The molecule has 0 radical (unpaired) electrons. The lowest BCUT2D eigenvalue weighted by atomic mass is 10.0. The first kappa shape index (κ1) is 14.7. The zero-order chi connectivity index (χ0) is 14.5. The van der Waals surface area contributed by atoms with Gasteiger partial charge in [0.1, 0.15) is 0 Å². The van der Waals surface area contributed by atoms with Crippen LogP contribution in [0.25, 0.3) is 0 Å². The number of hydrogen-bond donors (Lipinski definition) is 1. The topological polar surface area (TPSA) is 81.3 Å². The molecule has 0 spiro atoms. The summed E-state index contributed by atoms with van der Waals surface area (Å²) in [6.45, 7) is 5.45. The molecule has 6 nitrogen and oxygen atoms in total. The van der Waals surface area contributed by atoms with E-state index < -0.39 is 0 Å². The van der Waals surface area contributed by atoms with Crippen molar-refractivity contribution in [2.75, 3.05) is 24.6 Å². The van der Waals surface area contributed by atoms with Gasteiger partial charge in [-0.05, 0) is 33.1 Å². The molecule has 0 saturated carbocycles. The lowest BCUT2D eigenvalue weighted by Gasteiger charge is -2.35. The van der Waals surface area contributed by atoms with Gasteiger partial charge in [0.05, 0.1) is 17.9 Å². The Bertz CT molecular complexity index is 478. The van der Waals surface area contributed by atoms with Crippen molar-refractivity contribution in [3.63, 3.8) is 0 Å². The van der Waals surface area contributed by atoms with Crippen molar-refractivity contribution in [2.24, 2.45) is 5.73 Å². The number of rotatable bonds is 4. The van der Waals surface area contributed by atoms with E-state index in [1.807, 2.05) is 0 Å². The van der Waals surface area contributed by atoms with E-state index in [1.165, 1.54) is 6.42 Å². The average Bonchev–Trinajstić information content (AvgIpc) is 2.47. The number of piperidine rings is 1. The van der Waals surface area contributed by atoms with Crippen LogP contribution in [0.5, 0.6) is 0 Å². The lowest BCUT2D eigenvalue weighted by molar-refractivity contribution is 0.0524. The van der Waals surface area contributed by atoms with Crippen LogP contribution in [0.4, 0.5) is 5.95 Å². The minimum atomic E-state index is -0.370. The van der Waals surface area contributed by atoms with Gasteiger partial charge in [0.15, 0.2) is 0 Å². The Morgan fingerprint density at radius 2 is 2.35 bits per heavy atom. The Labute approximate surface area is 119 Å². The fourth-order valence-electron chi connectivity index (χ4n) is 2.51. The minimum absolute atomic E-state index is 0.289. The van der Waals surface area contributed by atoms with Gasteiger partial charge >= 0.3 is 5.97 Å². The molecule has 6 heteroatoms. The molecule has 2 N–H and O–H groups in total. The highest BCUT2D eigenvalue weighted by Gasteiger charge is 2.24. The van der Waals surface area contributed by atoms with Crippen molar-refractivity contribution >= 4 is 11.9 Å². The van der Waals surface area contributed by atoms with Gasteiger partial charge in [0.2, 0.25) is 5.95 Å². The van der Waals surface area contributed by atoms with E-state index in [2.05, 4.69) is 14.9 Å². The zero-order valence-electron chi connectivity index (χ0n) is 12.1. The number of aromatic nitrogens is 2. The van der Waals surface area contributed by atoms with Crippen LogP contribution in [0.2, 0.25) is 0 Å². The Morgan fingerprint density at radius 3 is 3.00 bits per heavy atom. The summed E-state index contributed by atoms with van der Waals surface area (Å²) in [4.78, 5) is 22.7. The Kier molecular flexibility index (Phi) is 4.89. The number of aryl methyl sites for hydroxylation is 1. The van der Waals surface area contributed by atoms with Gasteiger partial charge in [-0.3, -0.25) is 0 Å². The fraction of sp³-hybridized carbons (Fsp3) is 0.643. The summed E-state index contributed by atoms with van der Waals surface area (Å²) < 4.78 is 4.98. The van der Waals surface area contributed by atoms with Crippen molar-refractivity contribution in [3.05, 3.63) is 17.5 Å². The molecule has 2 rings (SSSR count). The lowest BCUT2D eigenvalue weighted by Crippen LogP contribution is -2.45. The van der Waals surface area contributed by atoms with Crippen molar-refractivity contribution in [3.8, 4) is 0 Å². The molecule has 1 aromatic heterocycles. The third kappa shape index (κ3) is 3.07. The van der Waals surface area contributed by atoms with E-state index in [-0.39, 0.29) is 12.0 Å². The van der Waals surface area contributed by atoms with Crippen LogP contribution < -0.4 is 10.6 Å². The van der Waals surface area contributed by atoms with Crippen LogP contribution in [0.1, 0.15) is 42.2 Å². The normalized spacial score (nSPS) is 18.9. The van der Waals surface area contributed by atoms with Crippen LogP contribution in [0, 0.1) is 6.92 Å². The molecule has 0 bridgehead atoms. The summed E-state index contributed by atoms with van der Waals surface area (Å²) in [5.41, 5.74) is 6.89. The Morgan fingerprint density at radius 1 is 1.55 bits per heavy atom. The van der Waals surface area contributed by atoms with Crippen LogP contribution in [0.3, 0.4) is 0 Å². The maximum Gasteiger partial charge on any atom is 0.341 e. The standard InChI is InChI=1S/C14H22N4O2/c1-3-20-13(19)12-9-16-14(17-10(12)2)18-7-5-4-6-11(18)8-15/h9,11H,3-8,15H2,1-2H3. The highest BCUT2D eigenvalue weighted by Crippen LogP contribution is 2.22. The molecule has 2 heterocycles. The van der Waals surface area contributed by atoms with Crippen LogP contribution in [-0.4, -0.2) is 41.7 Å². The summed E-state index contributed by atoms with van der Waals surface area (Å²) in [5.74, 6) is 0.288. The molecule has 0 aromatic carbocycles. The number of carbonyl (C=O) groups excluding carboxylic acids is 1. The van der Waals surface area contributed by atoms with Crippen LogP contribution >= 0.6 is 0 Å². The van der Waals surface area contributed by atoms with E-state index in [9.17, 15) is 4.79 Å². The van der Waals surface area contributed by atoms with Gasteiger partial charge in [-0.1, -0.05) is 0 Å². The third-order valence-corrected chi connectivity index (χ3v) is 3.62. The number of esters is 1. The van der Waals surface area contributed by atoms with Gasteiger partial charge < -0.3 is 15.4 Å². The van der Waals surface area contributed by atoms with E-state index in [4.69, 9.17) is 10.5 Å². The van der Waals surface area contributed by atoms with E-state index in [0.29, 0.717) is 30.4 Å². The van der Waals surface area contributed by atoms with Crippen molar-refractivity contribution < 1.29 is 9.53 Å². The zero-order valence-corrected chi connectivity index (χ0v) is 12.1. The predicted molar refractivity (Wildman–Crippen MR) is 76.8 cm³/mol. The number of ether oxygens (including phenoxy) is 1. The second kappa shape index (κ2) is 6.65. The van der Waals surface area contributed by atoms with Gasteiger partial charge in [-0.25, -0.2) is 14.8 Å². The molecule has 1 unspecified atom stereocenters. The minimum Gasteiger partial charge on any atom is -0.462 e. The summed E-state index contributed by atoms with van der Waals surface area (Å²) in [6, 6.07) is 0.289. The van der Waals surface area contributed by atoms with E-state index >= 15 is 0 Å². The maximum absolute atomic E-state index is 11.7. The van der Waals surface area contributed by atoms with Crippen LogP contribution in [-0.2, 0) is 4.74 Å². The number of carbonyl (C=O) groups is 1. The molecular formula is C14H22N4O2. The highest BCUT2D eigenvalue weighted by atomic mass is 16.5. The number of nitrogens with zero attached hydrogens (tertiary/aromatic N) is 3. The predicted octanol–water partition coefficient (Wildman–Crippen LogP) is 1.28. The summed E-state index contributed by atoms with van der Waals surface area (Å²) in [7, 11) is 0. The molecule has 1 atom stereocenters. The van der Waals surface area contributed by atoms with E-state index in [0.717, 1.165) is 19.4 Å². The Hall–Kier alpha value is -1.69. The van der Waals surface area contributed by atoms with Crippen molar-refractivity contribution in [1.82, 2.24) is 9.97 Å². The Balaban J connectivity index is 2.21. The molecule has 1 aliphatic rings. The molecule has 0 aliphatic carbocycles. The number of hydrogen-bond acceptors (Lipinski definition) is 6. The molecule has 1 fully saturated rings. The molecule has 1 aliphatic heterocycles. The second-order valence-corrected chi connectivity index (χ2v) is 4.97. The maximum atomic E-state index is 11.7. The number of nitrogens with two attached hydrogens (primary N) is 1. The van der Waals surface area contributed by atoms with Crippen molar-refractivity contribution in [1.29, 1.82) is 0 Å². The molecule has 110 valence electrons. The summed E-state index contributed by atoms with van der Waals surface area (Å²) >= 11 is 0. The first-order valence-electron chi connectivity index (χ1n) is 7.14. The second-order valence-electron chi connectivity index (χ2n) is 4.97. The quantitative estimate of drug-likeness (QED) is 0.836. The summed E-state index contributed by atoms with van der Waals surface area (Å²) in [6.07, 6.45) is 4.94. The molecule has 0 amide bonds. The smallest absolute Gasteiger partial charge is 0.341 e. The van der Waals surface area contributed by atoms with Gasteiger partial charge in [-0.2, -0.15) is 0 Å². The van der Waals surface area contributed by atoms with E-state index in [1.54, 1.807) is 20.0 Å². The number of anilines is 1. The van der Waals surface area contributed by atoms with Crippen molar-refractivity contribution in [2.45, 2.75) is 39.2 Å². The third-order valence-electron chi connectivity index (χ3n) is 3.62. The van der Waals surface area contributed by atoms with Gasteiger partial charge in [0.25, 0.3) is 0 Å².